The number of rotatable bonds is 3. The molecule has 0 radical (unpaired) electrons. The van der Waals surface area contributed by atoms with Crippen molar-refractivity contribution in [1.29, 1.82) is 0 Å². The van der Waals surface area contributed by atoms with Crippen LogP contribution in [0.5, 0.6) is 0 Å². The largest absolute Gasteiger partial charge is 0.393 e. The zero-order valence-corrected chi connectivity index (χ0v) is 12.9. The molecule has 0 amide bonds. The smallest absolute Gasteiger partial charge is 0.129 e. The Bertz CT molecular complexity index is 466. The first-order chi connectivity index (χ1) is 9.31. The zero-order chi connectivity index (χ0) is 14.9. The summed E-state index contributed by atoms with van der Waals surface area (Å²) in [5.74, 6) is 1.23. The summed E-state index contributed by atoms with van der Waals surface area (Å²) in [6, 6.07) is 3.94. The van der Waals surface area contributed by atoms with Crippen LogP contribution in [0.15, 0.2) is 12.1 Å². The van der Waals surface area contributed by atoms with Crippen molar-refractivity contribution in [3.8, 4) is 0 Å². The second-order valence-corrected chi connectivity index (χ2v) is 6.86. The van der Waals surface area contributed by atoms with Gasteiger partial charge in [0.1, 0.15) is 5.82 Å². The molecule has 2 rings (SSSR count). The van der Waals surface area contributed by atoms with E-state index >= 15 is 0 Å². The Hall–Kier alpha value is -1.13. The van der Waals surface area contributed by atoms with Crippen molar-refractivity contribution in [3.05, 3.63) is 23.4 Å². The van der Waals surface area contributed by atoms with Gasteiger partial charge in [0, 0.05) is 30.1 Å². The van der Waals surface area contributed by atoms with Crippen LogP contribution in [0.2, 0.25) is 0 Å². The molecule has 1 saturated heterocycles. The summed E-state index contributed by atoms with van der Waals surface area (Å²) in [6.07, 6.45) is 0.719. The number of aliphatic hydroxyl groups excluding tert-OH is 2. The molecule has 1 aromatic heterocycles. The fourth-order valence-electron chi connectivity index (χ4n) is 2.60. The minimum absolute atomic E-state index is 0.0340. The average molecular weight is 278 g/mol. The van der Waals surface area contributed by atoms with Crippen LogP contribution < -0.4 is 4.90 Å². The SMILES string of the molecule is CC(O)C1CCN(c2cc(CO)cc(C(C)(C)C)n2)C1. The first kappa shape index (κ1) is 15.3. The summed E-state index contributed by atoms with van der Waals surface area (Å²) in [4.78, 5) is 6.98. The van der Waals surface area contributed by atoms with E-state index in [9.17, 15) is 10.2 Å². The molecule has 2 N–H and O–H groups in total. The van der Waals surface area contributed by atoms with E-state index in [0.717, 1.165) is 36.6 Å². The molecule has 112 valence electrons. The second kappa shape index (κ2) is 5.70. The van der Waals surface area contributed by atoms with Crippen molar-refractivity contribution in [2.24, 2.45) is 5.92 Å². The summed E-state index contributed by atoms with van der Waals surface area (Å²) in [5, 5.41) is 19.2. The number of hydrogen-bond acceptors (Lipinski definition) is 4. The summed E-state index contributed by atoms with van der Waals surface area (Å²) < 4.78 is 0. The monoisotopic (exact) mass is 278 g/mol. The maximum absolute atomic E-state index is 9.71. The highest BCUT2D eigenvalue weighted by Crippen LogP contribution is 2.29. The summed E-state index contributed by atoms with van der Waals surface area (Å²) in [7, 11) is 0. The van der Waals surface area contributed by atoms with Crippen molar-refractivity contribution >= 4 is 5.82 Å². The second-order valence-electron chi connectivity index (χ2n) is 6.86. The van der Waals surface area contributed by atoms with Crippen molar-refractivity contribution in [2.45, 2.75) is 52.2 Å². The highest BCUT2D eigenvalue weighted by molar-refractivity contribution is 5.45. The summed E-state index contributed by atoms with van der Waals surface area (Å²) >= 11 is 0. The molecule has 4 heteroatoms. The Morgan fingerprint density at radius 3 is 2.60 bits per heavy atom. The fraction of sp³-hybridized carbons (Fsp3) is 0.688. The van der Waals surface area contributed by atoms with Crippen molar-refractivity contribution in [1.82, 2.24) is 4.98 Å². The van der Waals surface area contributed by atoms with Gasteiger partial charge in [-0.05, 0) is 31.0 Å². The van der Waals surface area contributed by atoms with Gasteiger partial charge in [0.15, 0.2) is 0 Å². The van der Waals surface area contributed by atoms with Crippen LogP contribution in [0, 0.1) is 5.92 Å². The molecule has 2 atom stereocenters. The molecular formula is C16H26N2O2. The third-order valence-corrected chi connectivity index (χ3v) is 4.05. The van der Waals surface area contributed by atoms with Gasteiger partial charge in [-0.25, -0.2) is 4.98 Å². The zero-order valence-electron chi connectivity index (χ0n) is 12.9. The maximum atomic E-state index is 9.71. The van der Waals surface area contributed by atoms with Gasteiger partial charge in [0.2, 0.25) is 0 Å². The van der Waals surface area contributed by atoms with E-state index in [1.807, 2.05) is 19.1 Å². The maximum Gasteiger partial charge on any atom is 0.129 e. The average Bonchev–Trinajstić information content (AvgIpc) is 2.87. The van der Waals surface area contributed by atoms with Gasteiger partial charge in [-0.2, -0.15) is 0 Å². The summed E-state index contributed by atoms with van der Waals surface area (Å²) in [5.41, 5.74) is 1.86. The van der Waals surface area contributed by atoms with Gasteiger partial charge in [0.05, 0.1) is 12.7 Å². The predicted octanol–water partition coefficient (Wildman–Crippen LogP) is 2.08. The molecule has 20 heavy (non-hydrogen) atoms. The lowest BCUT2D eigenvalue weighted by Crippen LogP contribution is -2.26. The third kappa shape index (κ3) is 3.30. The van der Waals surface area contributed by atoms with Gasteiger partial charge in [0.25, 0.3) is 0 Å². The topological polar surface area (TPSA) is 56.6 Å². The standard InChI is InChI=1S/C16H26N2O2/c1-11(20)13-5-6-18(9-13)15-8-12(10-19)7-14(17-15)16(2,3)4/h7-8,11,13,19-20H,5-6,9-10H2,1-4H3. The lowest BCUT2D eigenvalue weighted by atomic mass is 9.91. The molecular weight excluding hydrogens is 252 g/mol. The van der Waals surface area contributed by atoms with E-state index < -0.39 is 0 Å². The van der Waals surface area contributed by atoms with E-state index in [0.29, 0.717) is 5.92 Å². The van der Waals surface area contributed by atoms with Crippen LogP contribution in [-0.2, 0) is 12.0 Å². The molecule has 0 bridgehead atoms. The van der Waals surface area contributed by atoms with E-state index in [1.54, 1.807) is 0 Å². The molecule has 1 aromatic rings. The highest BCUT2D eigenvalue weighted by Gasteiger charge is 2.28. The van der Waals surface area contributed by atoms with Gasteiger partial charge in [-0.3, -0.25) is 0 Å². The van der Waals surface area contributed by atoms with Crippen molar-refractivity contribution in [3.63, 3.8) is 0 Å². The highest BCUT2D eigenvalue weighted by atomic mass is 16.3. The van der Waals surface area contributed by atoms with Crippen LogP contribution in [0.1, 0.15) is 45.4 Å². The number of pyridine rings is 1. The molecule has 1 aliphatic rings. The molecule has 0 saturated carbocycles. The molecule has 0 spiro atoms. The van der Waals surface area contributed by atoms with Gasteiger partial charge in [-0.15, -0.1) is 0 Å². The molecule has 1 fully saturated rings. The molecule has 0 aliphatic carbocycles. The lowest BCUT2D eigenvalue weighted by molar-refractivity contribution is 0.136. The van der Waals surface area contributed by atoms with Crippen LogP contribution in [0.4, 0.5) is 5.82 Å². The number of aromatic nitrogens is 1. The Labute approximate surface area is 121 Å². The Balaban J connectivity index is 2.28. The Morgan fingerprint density at radius 2 is 2.10 bits per heavy atom. The van der Waals surface area contributed by atoms with Crippen LogP contribution in [-0.4, -0.2) is 34.4 Å². The van der Waals surface area contributed by atoms with E-state index in [2.05, 4.69) is 25.7 Å². The number of hydrogen-bond donors (Lipinski definition) is 2. The molecule has 1 aliphatic heterocycles. The van der Waals surface area contributed by atoms with E-state index in [4.69, 9.17) is 4.98 Å². The number of anilines is 1. The van der Waals surface area contributed by atoms with Crippen molar-refractivity contribution < 1.29 is 10.2 Å². The Kier molecular flexibility index (Phi) is 4.35. The van der Waals surface area contributed by atoms with Crippen LogP contribution >= 0.6 is 0 Å². The Morgan fingerprint density at radius 1 is 1.40 bits per heavy atom. The number of nitrogens with zero attached hydrogens (tertiary/aromatic N) is 2. The third-order valence-electron chi connectivity index (χ3n) is 4.05. The van der Waals surface area contributed by atoms with E-state index in [-0.39, 0.29) is 18.1 Å². The van der Waals surface area contributed by atoms with E-state index in [1.165, 1.54) is 0 Å². The van der Waals surface area contributed by atoms with Gasteiger partial charge < -0.3 is 15.1 Å². The van der Waals surface area contributed by atoms with Gasteiger partial charge >= 0.3 is 0 Å². The minimum Gasteiger partial charge on any atom is -0.393 e. The molecule has 2 heterocycles. The first-order valence-corrected chi connectivity index (χ1v) is 7.36. The predicted molar refractivity (Wildman–Crippen MR) is 80.9 cm³/mol. The molecule has 2 unspecified atom stereocenters. The van der Waals surface area contributed by atoms with Crippen molar-refractivity contribution in [2.75, 3.05) is 18.0 Å². The summed E-state index contributed by atoms with van der Waals surface area (Å²) in [6.45, 7) is 10.0. The first-order valence-electron chi connectivity index (χ1n) is 7.36. The quantitative estimate of drug-likeness (QED) is 0.889. The normalized spacial score (nSPS) is 21.3. The molecule has 4 nitrogen and oxygen atoms in total. The number of aliphatic hydroxyl groups is 2. The minimum atomic E-state index is -0.275. The lowest BCUT2D eigenvalue weighted by Gasteiger charge is -2.24. The van der Waals surface area contributed by atoms with Crippen LogP contribution in [0.3, 0.4) is 0 Å². The van der Waals surface area contributed by atoms with Gasteiger partial charge in [-0.1, -0.05) is 20.8 Å². The fourth-order valence-corrected chi connectivity index (χ4v) is 2.60. The van der Waals surface area contributed by atoms with Crippen LogP contribution in [0.25, 0.3) is 0 Å². The molecule has 0 aromatic carbocycles.